The van der Waals surface area contributed by atoms with Crippen molar-refractivity contribution in [2.75, 3.05) is 43.4 Å². The molecule has 1 N–H and O–H groups in total. The average Bonchev–Trinajstić information content (AvgIpc) is 2.70. The van der Waals surface area contributed by atoms with Crippen molar-refractivity contribution in [3.8, 4) is 0 Å². The predicted molar refractivity (Wildman–Crippen MR) is 113 cm³/mol. The number of aryl methyl sites for hydroxylation is 2. The molecule has 0 saturated carbocycles. The third-order valence-corrected chi connectivity index (χ3v) is 5.33. The first-order valence-electron chi connectivity index (χ1n) is 9.60. The zero-order valence-corrected chi connectivity index (χ0v) is 16.6. The van der Waals surface area contributed by atoms with Crippen LogP contribution in [0.5, 0.6) is 0 Å². The summed E-state index contributed by atoms with van der Waals surface area (Å²) in [5.41, 5.74) is 5.02. The second-order valence-corrected chi connectivity index (χ2v) is 7.43. The first kappa shape index (κ1) is 18.4. The largest absolute Gasteiger partial charge is 0.352 e. The fourth-order valence-corrected chi connectivity index (χ4v) is 3.39. The lowest BCUT2D eigenvalue weighted by atomic mass is 10.1. The molecule has 1 fully saturated rings. The Bertz CT molecular complexity index is 1020. The molecule has 2 heterocycles. The molecular formula is C22H25N5O. The van der Waals surface area contributed by atoms with E-state index in [-0.39, 0.29) is 5.91 Å². The van der Waals surface area contributed by atoms with Crippen molar-refractivity contribution in [3.05, 3.63) is 59.3 Å². The Morgan fingerprint density at radius 3 is 2.29 bits per heavy atom. The molecule has 1 amide bonds. The van der Waals surface area contributed by atoms with Crippen LogP contribution in [0.4, 0.5) is 11.5 Å². The first-order chi connectivity index (χ1) is 13.5. The summed E-state index contributed by atoms with van der Waals surface area (Å²) in [4.78, 5) is 27.0. The Labute approximate surface area is 165 Å². The van der Waals surface area contributed by atoms with Gasteiger partial charge < -0.3 is 15.1 Å². The second kappa shape index (κ2) is 7.56. The van der Waals surface area contributed by atoms with Crippen molar-refractivity contribution < 1.29 is 4.79 Å². The molecule has 6 heteroatoms. The van der Waals surface area contributed by atoms with Crippen LogP contribution in [0.2, 0.25) is 0 Å². The van der Waals surface area contributed by atoms with E-state index < -0.39 is 0 Å². The Hall–Kier alpha value is -2.99. The number of hydrogen-bond acceptors (Lipinski definition) is 5. The molecule has 2 aromatic carbocycles. The molecule has 6 nitrogen and oxygen atoms in total. The Balaban J connectivity index is 1.71. The molecule has 0 unspecified atom stereocenters. The van der Waals surface area contributed by atoms with E-state index in [0.717, 1.165) is 48.5 Å². The highest BCUT2D eigenvalue weighted by Gasteiger charge is 2.24. The number of hydrogen-bond donors (Lipinski definition) is 1. The fraction of sp³-hybridized carbons (Fsp3) is 0.318. The maximum Gasteiger partial charge on any atom is 0.278 e. The van der Waals surface area contributed by atoms with Crippen LogP contribution in [0.15, 0.2) is 42.5 Å². The van der Waals surface area contributed by atoms with E-state index in [0.29, 0.717) is 11.5 Å². The molecule has 1 aromatic heterocycles. The zero-order valence-electron chi connectivity index (χ0n) is 16.6. The number of nitrogens with one attached hydrogen (secondary N) is 1. The fourth-order valence-electron chi connectivity index (χ4n) is 3.39. The van der Waals surface area contributed by atoms with Gasteiger partial charge in [-0.1, -0.05) is 18.2 Å². The van der Waals surface area contributed by atoms with Gasteiger partial charge in [-0.3, -0.25) is 4.79 Å². The van der Waals surface area contributed by atoms with Crippen LogP contribution in [-0.2, 0) is 0 Å². The maximum absolute atomic E-state index is 13.1. The highest BCUT2D eigenvalue weighted by atomic mass is 16.1. The van der Waals surface area contributed by atoms with Crippen LogP contribution < -0.4 is 10.2 Å². The number of para-hydroxylation sites is 2. The van der Waals surface area contributed by atoms with Crippen LogP contribution in [0, 0.1) is 13.8 Å². The molecule has 0 aliphatic carbocycles. The van der Waals surface area contributed by atoms with E-state index in [4.69, 9.17) is 4.98 Å². The third-order valence-electron chi connectivity index (χ3n) is 5.33. The van der Waals surface area contributed by atoms with Crippen molar-refractivity contribution in [1.82, 2.24) is 14.9 Å². The van der Waals surface area contributed by atoms with E-state index in [2.05, 4.69) is 34.1 Å². The number of aromatic nitrogens is 2. The SMILES string of the molecule is Cc1ccc(NC(=O)c2nc3ccccc3nc2N2CCN(C)CC2)cc1C. The zero-order chi connectivity index (χ0) is 19.7. The van der Waals surface area contributed by atoms with E-state index >= 15 is 0 Å². The van der Waals surface area contributed by atoms with Gasteiger partial charge in [0.05, 0.1) is 11.0 Å². The van der Waals surface area contributed by atoms with E-state index in [1.165, 1.54) is 5.56 Å². The van der Waals surface area contributed by atoms with Gasteiger partial charge in [0, 0.05) is 31.9 Å². The van der Waals surface area contributed by atoms with Crippen LogP contribution in [-0.4, -0.2) is 54.0 Å². The minimum Gasteiger partial charge on any atom is -0.352 e. The lowest BCUT2D eigenvalue weighted by molar-refractivity contribution is 0.102. The molecule has 0 atom stereocenters. The lowest BCUT2D eigenvalue weighted by Crippen LogP contribution is -2.45. The summed E-state index contributed by atoms with van der Waals surface area (Å²) in [6.45, 7) is 7.62. The van der Waals surface area contributed by atoms with Gasteiger partial charge in [-0.05, 0) is 56.3 Å². The number of fused-ring (bicyclic) bond motifs is 1. The summed E-state index contributed by atoms with van der Waals surface area (Å²) < 4.78 is 0. The van der Waals surface area contributed by atoms with Crippen LogP contribution in [0.1, 0.15) is 21.6 Å². The van der Waals surface area contributed by atoms with Crippen molar-refractivity contribution in [3.63, 3.8) is 0 Å². The number of carbonyl (C=O) groups excluding carboxylic acids is 1. The number of benzene rings is 2. The van der Waals surface area contributed by atoms with Gasteiger partial charge in [0.25, 0.3) is 5.91 Å². The number of rotatable bonds is 3. The molecular weight excluding hydrogens is 350 g/mol. The summed E-state index contributed by atoms with van der Waals surface area (Å²) >= 11 is 0. The number of nitrogens with zero attached hydrogens (tertiary/aromatic N) is 4. The summed E-state index contributed by atoms with van der Waals surface area (Å²) in [6, 6.07) is 13.6. The van der Waals surface area contributed by atoms with Gasteiger partial charge in [0.1, 0.15) is 0 Å². The summed E-state index contributed by atoms with van der Waals surface area (Å²) in [7, 11) is 2.11. The van der Waals surface area contributed by atoms with Crippen molar-refractivity contribution in [2.24, 2.45) is 0 Å². The number of amides is 1. The number of carbonyl (C=O) groups is 1. The molecule has 1 aliphatic rings. The molecule has 0 bridgehead atoms. The standard InChI is InChI=1S/C22H25N5O/c1-15-8-9-17(14-16(15)2)23-22(28)20-21(27-12-10-26(3)11-13-27)25-19-7-5-4-6-18(19)24-20/h4-9,14H,10-13H2,1-3H3,(H,23,28). The van der Waals surface area contributed by atoms with Gasteiger partial charge in [0.15, 0.2) is 11.5 Å². The molecule has 1 saturated heterocycles. The Morgan fingerprint density at radius 2 is 1.61 bits per heavy atom. The average molecular weight is 375 g/mol. The van der Waals surface area contributed by atoms with Crippen LogP contribution >= 0.6 is 0 Å². The molecule has 0 spiro atoms. The topological polar surface area (TPSA) is 61.4 Å². The molecule has 4 rings (SSSR count). The monoisotopic (exact) mass is 375 g/mol. The van der Waals surface area contributed by atoms with Gasteiger partial charge >= 0.3 is 0 Å². The third kappa shape index (κ3) is 3.68. The maximum atomic E-state index is 13.1. The minimum absolute atomic E-state index is 0.226. The summed E-state index contributed by atoms with van der Waals surface area (Å²) in [6.07, 6.45) is 0. The molecule has 1 aliphatic heterocycles. The van der Waals surface area contributed by atoms with E-state index in [1.54, 1.807) is 0 Å². The van der Waals surface area contributed by atoms with Gasteiger partial charge in [-0.2, -0.15) is 0 Å². The predicted octanol–water partition coefficient (Wildman–Crippen LogP) is 3.25. The van der Waals surface area contributed by atoms with Crippen LogP contribution in [0.25, 0.3) is 11.0 Å². The molecule has 3 aromatic rings. The Morgan fingerprint density at radius 1 is 0.929 bits per heavy atom. The smallest absolute Gasteiger partial charge is 0.278 e. The van der Waals surface area contributed by atoms with Crippen molar-refractivity contribution in [1.29, 1.82) is 0 Å². The molecule has 144 valence electrons. The highest BCUT2D eigenvalue weighted by Crippen LogP contribution is 2.23. The van der Waals surface area contributed by atoms with Crippen LogP contribution in [0.3, 0.4) is 0 Å². The van der Waals surface area contributed by atoms with Crippen molar-refractivity contribution in [2.45, 2.75) is 13.8 Å². The lowest BCUT2D eigenvalue weighted by Gasteiger charge is -2.33. The quantitative estimate of drug-likeness (QED) is 0.761. The first-order valence-corrected chi connectivity index (χ1v) is 9.60. The summed E-state index contributed by atoms with van der Waals surface area (Å²) in [5, 5.41) is 3.00. The van der Waals surface area contributed by atoms with Gasteiger partial charge in [-0.15, -0.1) is 0 Å². The van der Waals surface area contributed by atoms with Gasteiger partial charge in [-0.25, -0.2) is 9.97 Å². The Kier molecular flexibility index (Phi) is 4.96. The number of likely N-dealkylation sites (N-methyl/N-ethyl adjacent to an activating group) is 1. The number of anilines is 2. The molecule has 28 heavy (non-hydrogen) atoms. The van der Waals surface area contributed by atoms with Crippen molar-refractivity contribution >= 4 is 28.4 Å². The van der Waals surface area contributed by atoms with E-state index in [1.807, 2.05) is 49.4 Å². The second-order valence-electron chi connectivity index (χ2n) is 7.43. The van der Waals surface area contributed by atoms with E-state index in [9.17, 15) is 4.79 Å². The summed E-state index contributed by atoms with van der Waals surface area (Å²) in [5.74, 6) is 0.434. The highest BCUT2D eigenvalue weighted by molar-refractivity contribution is 6.07. The normalized spacial score (nSPS) is 15.0. The van der Waals surface area contributed by atoms with Gasteiger partial charge in [0.2, 0.25) is 0 Å². The minimum atomic E-state index is -0.226. The number of piperazine rings is 1. The molecule has 0 radical (unpaired) electrons.